The maximum absolute atomic E-state index is 5.46. The second kappa shape index (κ2) is 11.5. The lowest BCUT2D eigenvalue weighted by atomic mass is 10.1. The molecule has 0 radical (unpaired) electrons. The number of morpholine rings is 1. The summed E-state index contributed by atoms with van der Waals surface area (Å²) in [6.07, 6.45) is 2.38. The smallest absolute Gasteiger partial charge is 0.193 e. The summed E-state index contributed by atoms with van der Waals surface area (Å²) in [6, 6.07) is 8.60. The number of benzene rings is 1. The van der Waals surface area contributed by atoms with Crippen LogP contribution in [0.5, 0.6) is 0 Å². The van der Waals surface area contributed by atoms with Gasteiger partial charge in [0.1, 0.15) is 0 Å². The normalized spacial score (nSPS) is 15.0. The van der Waals surface area contributed by atoms with Crippen molar-refractivity contribution in [2.45, 2.75) is 26.3 Å². The van der Waals surface area contributed by atoms with Gasteiger partial charge >= 0.3 is 0 Å². The second-order valence-corrected chi connectivity index (χ2v) is 5.90. The summed E-state index contributed by atoms with van der Waals surface area (Å²) in [5.41, 5.74) is 2.61. The minimum Gasteiger partial charge on any atom is -0.378 e. The Morgan fingerprint density at radius 2 is 2.00 bits per heavy atom. The number of halogens is 1. The van der Waals surface area contributed by atoms with E-state index < -0.39 is 0 Å². The van der Waals surface area contributed by atoms with Crippen molar-refractivity contribution in [2.75, 3.05) is 51.8 Å². The number of hydrogen-bond acceptors (Lipinski definition) is 3. The van der Waals surface area contributed by atoms with Crippen molar-refractivity contribution in [3.05, 3.63) is 29.8 Å². The number of unbranched alkanes of at least 4 members (excludes halogenated alkanes) is 1. The van der Waals surface area contributed by atoms with Crippen LogP contribution in [0.2, 0.25) is 0 Å². The Balaban J connectivity index is 0.00000288. The molecule has 1 aliphatic rings. The summed E-state index contributed by atoms with van der Waals surface area (Å²) in [5.74, 6) is 0.954. The number of guanidine groups is 1. The molecular formula is C18H31IN4O. The van der Waals surface area contributed by atoms with Crippen LogP contribution in [-0.4, -0.2) is 57.8 Å². The molecule has 0 aliphatic carbocycles. The third-order valence-electron chi connectivity index (χ3n) is 4.20. The molecule has 1 aromatic rings. The van der Waals surface area contributed by atoms with Crippen molar-refractivity contribution in [3.63, 3.8) is 0 Å². The predicted molar refractivity (Wildman–Crippen MR) is 113 cm³/mol. The van der Waals surface area contributed by atoms with E-state index in [0.717, 1.165) is 45.4 Å². The molecular weight excluding hydrogens is 415 g/mol. The highest BCUT2D eigenvalue weighted by Crippen LogP contribution is 2.21. The van der Waals surface area contributed by atoms with Gasteiger partial charge in [-0.15, -0.1) is 24.0 Å². The average molecular weight is 446 g/mol. The van der Waals surface area contributed by atoms with Crippen LogP contribution in [0.3, 0.4) is 0 Å². The van der Waals surface area contributed by atoms with E-state index in [-0.39, 0.29) is 24.0 Å². The summed E-state index contributed by atoms with van der Waals surface area (Å²) in [6.45, 7) is 7.57. The number of ether oxygens (including phenoxy) is 1. The van der Waals surface area contributed by atoms with Crippen molar-refractivity contribution in [2.24, 2.45) is 4.99 Å². The first-order valence-electron chi connectivity index (χ1n) is 8.58. The van der Waals surface area contributed by atoms with Gasteiger partial charge in [0.15, 0.2) is 5.96 Å². The van der Waals surface area contributed by atoms with Gasteiger partial charge in [-0.3, -0.25) is 4.99 Å². The summed E-state index contributed by atoms with van der Waals surface area (Å²) in [4.78, 5) is 9.00. The molecule has 1 heterocycles. The molecule has 0 bridgehead atoms. The fourth-order valence-electron chi connectivity index (χ4n) is 2.83. The minimum absolute atomic E-state index is 0. The maximum Gasteiger partial charge on any atom is 0.193 e. The van der Waals surface area contributed by atoms with Gasteiger partial charge in [0.2, 0.25) is 0 Å². The highest BCUT2D eigenvalue weighted by Gasteiger charge is 2.14. The number of hydrogen-bond donors (Lipinski definition) is 1. The van der Waals surface area contributed by atoms with Crippen molar-refractivity contribution in [1.82, 2.24) is 10.2 Å². The molecule has 2 rings (SSSR count). The number of rotatable bonds is 6. The second-order valence-electron chi connectivity index (χ2n) is 5.90. The molecule has 6 heteroatoms. The molecule has 1 aliphatic heterocycles. The van der Waals surface area contributed by atoms with Gasteiger partial charge in [-0.05, 0) is 18.1 Å². The Labute approximate surface area is 163 Å². The Kier molecular flexibility index (Phi) is 10.1. The van der Waals surface area contributed by atoms with E-state index in [2.05, 4.69) is 58.3 Å². The van der Waals surface area contributed by atoms with Gasteiger partial charge in [-0.2, -0.15) is 0 Å². The largest absolute Gasteiger partial charge is 0.378 e. The maximum atomic E-state index is 5.46. The van der Waals surface area contributed by atoms with Crippen LogP contribution < -0.4 is 10.2 Å². The monoisotopic (exact) mass is 446 g/mol. The molecule has 0 saturated carbocycles. The van der Waals surface area contributed by atoms with Crippen molar-refractivity contribution in [3.8, 4) is 0 Å². The Bertz CT molecular complexity index is 504. The lowest BCUT2D eigenvalue weighted by Gasteiger charge is -2.31. The van der Waals surface area contributed by atoms with Gasteiger partial charge in [-0.1, -0.05) is 31.5 Å². The molecule has 0 atom stereocenters. The first kappa shape index (κ1) is 21.0. The van der Waals surface area contributed by atoms with Crippen LogP contribution in [-0.2, 0) is 11.3 Å². The topological polar surface area (TPSA) is 40.1 Å². The summed E-state index contributed by atoms with van der Waals surface area (Å²) in [7, 11) is 3.94. The summed E-state index contributed by atoms with van der Waals surface area (Å²) >= 11 is 0. The first-order chi connectivity index (χ1) is 11.3. The van der Waals surface area contributed by atoms with E-state index in [9.17, 15) is 0 Å². The van der Waals surface area contributed by atoms with Gasteiger partial charge in [0.25, 0.3) is 0 Å². The Morgan fingerprint density at radius 3 is 2.67 bits per heavy atom. The molecule has 0 spiro atoms. The molecule has 136 valence electrons. The summed E-state index contributed by atoms with van der Waals surface area (Å²) < 4.78 is 5.46. The van der Waals surface area contributed by atoms with Crippen molar-refractivity contribution >= 4 is 35.6 Å². The quantitative estimate of drug-likeness (QED) is 0.415. The molecule has 1 saturated heterocycles. The zero-order chi connectivity index (χ0) is 16.5. The molecule has 24 heavy (non-hydrogen) atoms. The van der Waals surface area contributed by atoms with Crippen LogP contribution in [0, 0.1) is 0 Å². The van der Waals surface area contributed by atoms with Crippen LogP contribution in [0.25, 0.3) is 0 Å². The van der Waals surface area contributed by atoms with Crippen LogP contribution in [0.4, 0.5) is 5.69 Å². The molecule has 1 N–H and O–H groups in total. The summed E-state index contributed by atoms with van der Waals surface area (Å²) in [5, 5.41) is 3.49. The van der Waals surface area contributed by atoms with E-state index in [4.69, 9.17) is 4.74 Å². The number of anilines is 1. The third kappa shape index (κ3) is 6.12. The van der Waals surface area contributed by atoms with Crippen LogP contribution in [0.1, 0.15) is 25.3 Å². The third-order valence-corrected chi connectivity index (χ3v) is 4.20. The van der Waals surface area contributed by atoms with Gasteiger partial charge in [0.05, 0.1) is 13.2 Å². The number of nitrogens with zero attached hydrogens (tertiary/aromatic N) is 3. The molecule has 0 aromatic heterocycles. The Hall–Kier alpha value is -1.02. The van der Waals surface area contributed by atoms with Crippen LogP contribution >= 0.6 is 24.0 Å². The average Bonchev–Trinajstić information content (AvgIpc) is 2.61. The standard InChI is InChI=1S/C18H30N4O.HI/c1-4-5-10-21(3)18(19-2)20-15-16-8-6-7-9-17(16)22-11-13-23-14-12-22;/h6-9H,4-5,10-15H2,1-3H3,(H,19,20);1H. The van der Waals surface area contributed by atoms with Crippen LogP contribution in [0.15, 0.2) is 29.3 Å². The van der Waals surface area contributed by atoms with Gasteiger partial charge in [0, 0.05) is 46.0 Å². The molecule has 5 nitrogen and oxygen atoms in total. The van der Waals surface area contributed by atoms with Gasteiger partial charge in [-0.25, -0.2) is 0 Å². The molecule has 1 fully saturated rings. The highest BCUT2D eigenvalue weighted by molar-refractivity contribution is 14.0. The first-order valence-corrected chi connectivity index (χ1v) is 8.58. The fourth-order valence-corrected chi connectivity index (χ4v) is 2.83. The van der Waals surface area contributed by atoms with E-state index in [1.807, 2.05) is 7.05 Å². The zero-order valence-corrected chi connectivity index (χ0v) is 17.5. The molecule has 1 aromatic carbocycles. The van der Waals surface area contributed by atoms with E-state index in [1.165, 1.54) is 24.1 Å². The lowest BCUT2D eigenvalue weighted by Crippen LogP contribution is -2.40. The van der Waals surface area contributed by atoms with E-state index in [0.29, 0.717) is 0 Å². The number of para-hydroxylation sites is 1. The minimum atomic E-state index is 0. The predicted octanol–water partition coefficient (Wildman–Crippen LogP) is 2.95. The number of nitrogens with one attached hydrogen (secondary N) is 1. The van der Waals surface area contributed by atoms with E-state index >= 15 is 0 Å². The Morgan fingerprint density at radius 1 is 1.29 bits per heavy atom. The van der Waals surface area contributed by atoms with Crippen molar-refractivity contribution < 1.29 is 4.74 Å². The SMILES string of the molecule is CCCCN(C)C(=NC)NCc1ccccc1N1CCOCC1.I. The lowest BCUT2D eigenvalue weighted by molar-refractivity contribution is 0.122. The van der Waals surface area contributed by atoms with Crippen molar-refractivity contribution in [1.29, 1.82) is 0 Å². The molecule has 0 unspecified atom stereocenters. The fraction of sp³-hybridized carbons (Fsp3) is 0.611. The highest BCUT2D eigenvalue weighted by atomic mass is 127. The van der Waals surface area contributed by atoms with E-state index in [1.54, 1.807) is 0 Å². The zero-order valence-electron chi connectivity index (χ0n) is 15.1. The molecule has 0 amide bonds. The number of aliphatic imine (C=N–C) groups is 1. The van der Waals surface area contributed by atoms with Gasteiger partial charge < -0.3 is 19.9 Å².